The van der Waals surface area contributed by atoms with Gasteiger partial charge in [0, 0.05) is 12.1 Å². The fraction of sp³-hybridized carbons (Fsp3) is 0.130. The maximum Gasteiger partial charge on any atom is 0.263 e. The molecule has 3 rings (SSSR count). The molecule has 0 saturated heterocycles. The van der Waals surface area contributed by atoms with Gasteiger partial charge in [-0.15, -0.1) is 0 Å². The average Bonchev–Trinajstić information content (AvgIpc) is 2.74. The lowest BCUT2D eigenvalue weighted by atomic mass is 10.0. The van der Waals surface area contributed by atoms with Crippen molar-refractivity contribution < 1.29 is 23.5 Å². The molecule has 3 aromatic rings. The highest BCUT2D eigenvalue weighted by Gasteiger charge is 2.31. The molecule has 2 amide bonds. The summed E-state index contributed by atoms with van der Waals surface area (Å²) in [7, 11) is 0. The maximum atomic E-state index is 13.3. The van der Waals surface area contributed by atoms with Crippen molar-refractivity contribution in [1.82, 2.24) is 4.90 Å². The number of carbonyl (C=O) groups excluding carboxylic acids is 2. The molecule has 0 spiro atoms. The number of hydrogen-bond acceptors (Lipinski definition) is 3. The lowest BCUT2D eigenvalue weighted by Crippen LogP contribution is -2.41. The van der Waals surface area contributed by atoms with Crippen molar-refractivity contribution in [3.63, 3.8) is 0 Å². The minimum atomic E-state index is -2.67. The molecule has 0 unspecified atom stereocenters. The number of phenolic OH excluding ortho intramolecular Hbond substituents is 1. The molecule has 0 aliphatic rings. The zero-order valence-corrected chi connectivity index (χ0v) is 15.9. The maximum absolute atomic E-state index is 13.3. The number of nitrogens with two attached hydrogens (primary N) is 1. The lowest BCUT2D eigenvalue weighted by Gasteiger charge is -2.30. The third-order valence-corrected chi connectivity index (χ3v) is 4.65. The van der Waals surface area contributed by atoms with Crippen molar-refractivity contribution in [2.75, 3.05) is 0 Å². The number of phenols is 1. The van der Waals surface area contributed by atoms with E-state index in [1.54, 1.807) is 48.5 Å². The van der Waals surface area contributed by atoms with Crippen molar-refractivity contribution >= 4 is 11.8 Å². The summed E-state index contributed by atoms with van der Waals surface area (Å²) in [5.74, 6) is -1.69. The second-order valence-corrected chi connectivity index (χ2v) is 6.71. The van der Waals surface area contributed by atoms with Crippen molar-refractivity contribution in [1.29, 1.82) is 0 Å². The molecule has 7 heteroatoms. The average molecular weight is 410 g/mol. The van der Waals surface area contributed by atoms with E-state index in [4.69, 9.17) is 5.73 Å². The largest absolute Gasteiger partial charge is 0.507 e. The predicted octanol–water partition coefficient (Wildman–Crippen LogP) is 4.20. The Morgan fingerprint density at radius 3 is 2.17 bits per heavy atom. The van der Waals surface area contributed by atoms with Gasteiger partial charge in [0.1, 0.15) is 11.8 Å². The van der Waals surface area contributed by atoms with Crippen LogP contribution < -0.4 is 5.73 Å². The van der Waals surface area contributed by atoms with Gasteiger partial charge >= 0.3 is 0 Å². The first-order valence-corrected chi connectivity index (χ1v) is 9.18. The SMILES string of the molecule is NC(=O)[C@@H](c1ccccc1)N(Cc1cccc(C(F)F)c1)C(=O)c1ccccc1O. The Hall–Kier alpha value is -3.74. The standard InChI is InChI=1S/C23H20F2N2O3/c24-21(25)17-10-6-7-15(13-17)14-27(23(30)18-11-4-5-12-19(18)28)20(22(26)29)16-8-2-1-3-9-16/h1-13,20-21,28H,14H2,(H2,26,29)/t20-/m1/s1. The molecule has 1 atom stereocenters. The van der Waals surface area contributed by atoms with Gasteiger partial charge in [-0.25, -0.2) is 8.78 Å². The van der Waals surface area contributed by atoms with Crippen LogP contribution in [0.15, 0.2) is 78.9 Å². The summed E-state index contributed by atoms with van der Waals surface area (Å²) in [6.45, 7) is -0.157. The van der Waals surface area contributed by atoms with Gasteiger partial charge in [-0.05, 0) is 29.3 Å². The molecule has 0 aliphatic heterocycles. The van der Waals surface area contributed by atoms with Crippen LogP contribution in [-0.4, -0.2) is 21.8 Å². The van der Waals surface area contributed by atoms with E-state index in [-0.39, 0.29) is 23.4 Å². The molecule has 0 aliphatic carbocycles. The van der Waals surface area contributed by atoms with E-state index in [9.17, 15) is 23.5 Å². The summed E-state index contributed by atoms with van der Waals surface area (Å²) < 4.78 is 26.2. The van der Waals surface area contributed by atoms with Crippen LogP contribution in [0.5, 0.6) is 5.75 Å². The predicted molar refractivity (Wildman–Crippen MR) is 108 cm³/mol. The van der Waals surface area contributed by atoms with E-state index in [2.05, 4.69) is 0 Å². The van der Waals surface area contributed by atoms with E-state index >= 15 is 0 Å². The van der Waals surface area contributed by atoms with Gasteiger partial charge in [-0.1, -0.05) is 60.7 Å². The molecule has 154 valence electrons. The fourth-order valence-electron chi connectivity index (χ4n) is 3.25. The molecular weight excluding hydrogens is 390 g/mol. The Bertz CT molecular complexity index is 1040. The summed E-state index contributed by atoms with van der Waals surface area (Å²) in [5, 5.41) is 10.1. The van der Waals surface area contributed by atoms with Crippen LogP contribution in [0.4, 0.5) is 8.78 Å². The summed E-state index contributed by atoms with van der Waals surface area (Å²) >= 11 is 0. The molecule has 0 fully saturated rings. The number of rotatable bonds is 7. The number of benzene rings is 3. The second-order valence-electron chi connectivity index (χ2n) is 6.71. The van der Waals surface area contributed by atoms with E-state index in [0.717, 1.165) is 0 Å². The zero-order valence-electron chi connectivity index (χ0n) is 15.9. The molecule has 5 nitrogen and oxygen atoms in total. The van der Waals surface area contributed by atoms with Crippen LogP contribution in [0.2, 0.25) is 0 Å². The van der Waals surface area contributed by atoms with E-state index < -0.39 is 24.3 Å². The molecule has 0 radical (unpaired) electrons. The first-order valence-electron chi connectivity index (χ1n) is 9.18. The number of aromatic hydroxyl groups is 1. The molecule has 0 heterocycles. The Labute approximate surface area is 172 Å². The normalized spacial score (nSPS) is 11.8. The monoisotopic (exact) mass is 410 g/mol. The van der Waals surface area contributed by atoms with Gasteiger partial charge in [-0.3, -0.25) is 9.59 Å². The third-order valence-electron chi connectivity index (χ3n) is 4.65. The number of alkyl halides is 2. The van der Waals surface area contributed by atoms with E-state index in [1.807, 2.05) is 0 Å². The van der Waals surface area contributed by atoms with Crippen molar-refractivity contribution in [3.05, 3.63) is 101 Å². The number of hydrogen-bond donors (Lipinski definition) is 2. The molecular formula is C23H20F2N2O3. The van der Waals surface area contributed by atoms with Crippen molar-refractivity contribution in [2.45, 2.75) is 19.0 Å². The molecule has 0 saturated carbocycles. The number of halogens is 2. The van der Waals surface area contributed by atoms with Crippen LogP contribution >= 0.6 is 0 Å². The van der Waals surface area contributed by atoms with Crippen molar-refractivity contribution in [2.24, 2.45) is 5.73 Å². The fourth-order valence-corrected chi connectivity index (χ4v) is 3.25. The number of para-hydroxylation sites is 1. The second kappa shape index (κ2) is 9.17. The molecule has 0 aromatic heterocycles. The highest BCUT2D eigenvalue weighted by atomic mass is 19.3. The first-order chi connectivity index (χ1) is 14.4. The number of carbonyl (C=O) groups is 2. The highest BCUT2D eigenvalue weighted by molar-refractivity contribution is 5.99. The Morgan fingerprint density at radius 1 is 0.900 bits per heavy atom. The van der Waals surface area contributed by atoms with Crippen LogP contribution in [-0.2, 0) is 11.3 Å². The van der Waals surface area contributed by atoms with Gasteiger partial charge in [0.15, 0.2) is 0 Å². The van der Waals surface area contributed by atoms with Gasteiger partial charge < -0.3 is 15.7 Å². The molecule has 30 heavy (non-hydrogen) atoms. The smallest absolute Gasteiger partial charge is 0.263 e. The summed E-state index contributed by atoms with van der Waals surface area (Å²) in [4.78, 5) is 26.9. The Kier molecular flexibility index (Phi) is 6.41. The van der Waals surface area contributed by atoms with Gasteiger partial charge in [0.05, 0.1) is 5.56 Å². The minimum Gasteiger partial charge on any atom is -0.507 e. The first kappa shape index (κ1) is 21.0. The van der Waals surface area contributed by atoms with Gasteiger partial charge in [-0.2, -0.15) is 0 Å². The number of primary amides is 1. The lowest BCUT2D eigenvalue weighted by molar-refractivity contribution is -0.122. The molecule has 0 bridgehead atoms. The van der Waals surface area contributed by atoms with Crippen LogP contribution in [0, 0.1) is 0 Å². The zero-order chi connectivity index (χ0) is 21.7. The quantitative estimate of drug-likeness (QED) is 0.612. The third kappa shape index (κ3) is 4.63. The topological polar surface area (TPSA) is 83.6 Å². The number of amides is 2. The van der Waals surface area contributed by atoms with Crippen LogP contribution in [0.25, 0.3) is 0 Å². The van der Waals surface area contributed by atoms with Crippen LogP contribution in [0.3, 0.4) is 0 Å². The molecule has 3 aromatic carbocycles. The van der Waals surface area contributed by atoms with Crippen LogP contribution in [0.1, 0.15) is 39.5 Å². The Morgan fingerprint density at radius 2 is 1.53 bits per heavy atom. The summed E-state index contributed by atoms with van der Waals surface area (Å²) in [6.07, 6.45) is -2.67. The Balaban J connectivity index is 2.08. The summed E-state index contributed by atoms with van der Waals surface area (Å²) in [5.41, 5.74) is 6.29. The molecule has 3 N–H and O–H groups in total. The van der Waals surface area contributed by atoms with E-state index in [0.29, 0.717) is 11.1 Å². The van der Waals surface area contributed by atoms with Gasteiger partial charge in [0.2, 0.25) is 5.91 Å². The number of nitrogens with zero attached hydrogens (tertiary/aromatic N) is 1. The summed E-state index contributed by atoms with van der Waals surface area (Å²) in [6, 6.07) is 18.8. The van der Waals surface area contributed by atoms with E-state index in [1.165, 1.54) is 35.2 Å². The minimum absolute atomic E-state index is 0.0234. The van der Waals surface area contributed by atoms with Crippen molar-refractivity contribution in [3.8, 4) is 5.75 Å². The highest BCUT2D eigenvalue weighted by Crippen LogP contribution is 2.29. The van der Waals surface area contributed by atoms with Gasteiger partial charge in [0.25, 0.3) is 12.3 Å².